The van der Waals surface area contributed by atoms with E-state index in [1.807, 2.05) is 32.2 Å². The zero-order chi connectivity index (χ0) is 13.4. The van der Waals surface area contributed by atoms with Gasteiger partial charge in [-0.25, -0.2) is 9.50 Å². The number of rotatable bonds is 3. The highest BCUT2D eigenvalue weighted by Gasteiger charge is 2.13. The standard InChI is InChI=1S/C12H12BrN5O/c1-7-5-14-11(19-7)8(2)15-12-16-10-4-3-9(13)6-18(10)17-12/h3-6,8H,1-2H3,(H,15,17). The van der Waals surface area contributed by atoms with Gasteiger partial charge in [0.1, 0.15) is 11.8 Å². The van der Waals surface area contributed by atoms with Crippen LogP contribution in [0.2, 0.25) is 0 Å². The zero-order valence-corrected chi connectivity index (χ0v) is 12.0. The molecular weight excluding hydrogens is 310 g/mol. The van der Waals surface area contributed by atoms with Crippen molar-refractivity contribution in [2.24, 2.45) is 0 Å². The third-order valence-corrected chi connectivity index (χ3v) is 3.12. The molecule has 6 nitrogen and oxygen atoms in total. The average Bonchev–Trinajstić information content (AvgIpc) is 2.94. The molecule has 7 heteroatoms. The summed E-state index contributed by atoms with van der Waals surface area (Å²) in [5.41, 5.74) is 0.779. The number of nitrogens with one attached hydrogen (secondary N) is 1. The number of fused-ring (bicyclic) bond motifs is 1. The Labute approximate surface area is 118 Å². The number of aromatic nitrogens is 4. The molecule has 1 unspecified atom stereocenters. The van der Waals surface area contributed by atoms with E-state index in [0.29, 0.717) is 11.8 Å². The molecule has 0 amide bonds. The molecule has 0 aliphatic rings. The van der Waals surface area contributed by atoms with Gasteiger partial charge >= 0.3 is 0 Å². The predicted molar refractivity (Wildman–Crippen MR) is 74.0 cm³/mol. The third kappa shape index (κ3) is 2.46. The lowest BCUT2D eigenvalue weighted by Crippen LogP contribution is -2.08. The van der Waals surface area contributed by atoms with Gasteiger partial charge in [-0.05, 0) is 41.9 Å². The lowest BCUT2D eigenvalue weighted by Gasteiger charge is -2.07. The maximum atomic E-state index is 5.47. The quantitative estimate of drug-likeness (QED) is 0.803. The summed E-state index contributed by atoms with van der Waals surface area (Å²) in [5, 5.41) is 7.51. The van der Waals surface area contributed by atoms with Gasteiger partial charge in [0.25, 0.3) is 0 Å². The van der Waals surface area contributed by atoms with E-state index in [0.717, 1.165) is 15.9 Å². The van der Waals surface area contributed by atoms with Crippen LogP contribution in [0.25, 0.3) is 5.65 Å². The molecule has 98 valence electrons. The summed E-state index contributed by atoms with van der Waals surface area (Å²) in [5.74, 6) is 1.95. The summed E-state index contributed by atoms with van der Waals surface area (Å²) in [4.78, 5) is 8.56. The summed E-state index contributed by atoms with van der Waals surface area (Å²) in [6.07, 6.45) is 3.55. The first-order chi connectivity index (χ1) is 9.11. The first-order valence-corrected chi connectivity index (χ1v) is 6.62. The molecule has 3 aromatic heterocycles. The summed E-state index contributed by atoms with van der Waals surface area (Å²) in [6, 6.07) is 3.73. The smallest absolute Gasteiger partial charge is 0.243 e. The van der Waals surface area contributed by atoms with Crippen molar-refractivity contribution in [3.63, 3.8) is 0 Å². The summed E-state index contributed by atoms with van der Waals surface area (Å²) in [6.45, 7) is 3.82. The molecule has 0 fully saturated rings. The second-order valence-corrected chi connectivity index (χ2v) is 5.18. The van der Waals surface area contributed by atoms with Gasteiger partial charge in [-0.1, -0.05) is 0 Å². The fraction of sp³-hybridized carbons (Fsp3) is 0.250. The average molecular weight is 322 g/mol. The summed E-state index contributed by atoms with van der Waals surface area (Å²) < 4.78 is 8.13. The Hall–Kier alpha value is -1.89. The van der Waals surface area contributed by atoms with Gasteiger partial charge in [0.05, 0.1) is 6.20 Å². The zero-order valence-electron chi connectivity index (χ0n) is 10.5. The normalized spacial score (nSPS) is 12.8. The van der Waals surface area contributed by atoms with Gasteiger partial charge < -0.3 is 9.73 Å². The molecule has 0 aliphatic heterocycles. The molecule has 0 aromatic carbocycles. The number of anilines is 1. The highest BCUT2D eigenvalue weighted by atomic mass is 79.9. The van der Waals surface area contributed by atoms with Crippen molar-refractivity contribution in [3.05, 3.63) is 40.7 Å². The maximum absolute atomic E-state index is 5.47. The van der Waals surface area contributed by atoms with Gasteiger partial charge in [-0.2, -0.15) is 4.98 Å². The Balaban J connectivity index is 1.85. The second kappa shape index (κ2) is 4.65. The lowest BCUT2D eigenvalue weighted by atomic mass is 10.3. The number of oxazole rings is 1. The van der Waals surface area contributed by atoms with Crippen LogP contribution in [0.4, 0.5) is 5.95 Å². The van der Waals surface area contributed by atoms with Crippen LogP contribution in [0.5, 0.6) is 0 Å². The van der Waals surface area contributed by atoms with Gasteiger partial charge in [0.15, 0.2) is 5.65 Å². The van der Waals surface area contributed by atoms with Crippen molar-refractivity contribution in [2.45, 2.75) is 19.9 Å². The Morgan fingerprint density at radius 2 is 2.26 bits per heavy atom. The van der Waals surface area contributed by atoms with E-state index in [2.05, 4.69) is 36.3 Å². The highest BCUT2D eigenvalue weighted by molar-refractivity contribution is 9.10. The van der Waals surface area contributed by atoms with Crippen LogP contribution in [0.1, 0.15) is 24.6 Å². The molecule has 1 atom stereocenters. The summed E-state index contributed by atoms with van der Waals surface area (Å²) >= 11 is 3.40. The fourth-order valence-corrected chi connectivity index (χ4v) is 2.07. The van der Waals surface area contributed by atoms with E-state index in [-0.39, 0.29) is 6.04 Å². The molecule has 3 rings (SSSR count). The van der Waals surface area contributed by atoms with Crippen molar-refractivity contribution in [1.29, 1.82) is 0 Å². The predicted octanol–water partition coefficient (Wildman–Crippen LogP) is 2.96. The molecule has 0 radical (unpaired) electrons. The van der Waals surface area contributed by atoms with Gasteiger partial charge in [-0.15, -0.1) is 5.10 Å². The third-order valence-electron chi connectivity index (χ3n) is 2.65. The van der Waals surface area contributed by atoms with Crippen LogP contribution in [0, 0.1) is 6.92 Å². The minimum absolute atomic E-state index is 0.0884. The van der Waals surface area contributed by atoms with Crippen molar-refractivity contribution in [1.82, 2.24) is 19.6 Å². The minimum Gasteiger partial charge on any atom is -0.444 e. The number of pyridine rings is 1. The number of hydrogen-bond acceptors (Lipinski definition) is 5. The van der Waals surface area contributed by atoms with Crippen LogP contribution in [-0.2, 0) is 0 Å². The van der Waals surface area contributed by atoms with Crippen molar-refractivity contribution in [3.8, 4) is 0 Å². The Morgan fingerprint density at radius 3 is 3.00 bits per heavy atom. The van der Waals surface area contributed by atoms with E-state index in [9.17, 15) is 0 Å². The maximum Gasteiger partial charge on any atom is 0.243 e. The molecule has 3 aromatic rings. The second-order valence-electron chi connectivity index (χ2n) is 4.26. The fourth-order valence-electron chi connectivity index (χ4n) is 1.75. The number of nitrogens with zero attached hydrogens (tertiary/aromatic N) is 4. The van der Waals surface area contributed by atoms with E-state index >= 15 is 0 Å². The largest absolute Gasteiger partial charge is 0.444 e. The first kappa shape index (κ1) is 12.2. The van der Waals surface area contributed by atoms with Crippen LogP contribution >= 0.6 is 15.9 Å². The van der Waals surface area contributed by atoms with E-state index in [1.165, 1.54) is 0 Å². The highest BCUT2D eigenvalue weighted by Crippen LogP contribution is 2.18. The lowest BCUT2D eigenvalue weighted by molar-refractivity contribution is 0.453. The van der Waals surface area contributed by atoms with Crippen molar-refractivity contribution in [2.75, 3.05) is 5.32 Å². The van der Waals surface area contributed by atoms with E-state index < -0.39 is 0 Å². The van der Waals surface area contributed by atoms with Gasteiger partial charge in [0, 0.05) is 10.7 Å². The van der Waals surface area contributed by atoms with E-state index in [1.54, 1.807) is 10.7 Å². The minimum atomic E-state index is -0.0884. The van der Waals surface area contributed by atoms with Crippen molar-refractivity contribution >= 4 is 27.5 Å². The van der Waals surface area contributed by atoms with Gasteiger partial charge in [-0.3, -0.25) is 0 Å². The van der Waals surface area contributed by atoms with Crippen LogP contribution in [0.3, 0.4) is 0 Å². The first-order valence-electron chi connectivity index (χ1n) is 5.82. The van der Waals surface area contributed by atoms with E-state index in [4.69, 9.17) is 4.42 Å². The molecular formula is C12H12BrN5O. The molecule has 0 aliphatic carbocycles. The molecule has 1 N–H and O–H groups in total. The molecule has 3 heterocycles. The topological polar surface area (TPSA) is 68.2 Å². The Morgan fingerprint density at radius 1 is 1.42 bits per heavy atom. The SMILES string of the molecule is Cc1cnc(C(C)Nc2nc3ccc(Br)cn3n2)o1. The van der Waals surface area contributed by atoms with Crippen LogP contribution in [-0.4, -0.2) is 19.6 Å². The molecule has 0 spiro atoms. The Bertz CT molecular complexity index is 720. The monoisotopic (exact) mass is 321 g/mol. The van der Waals surface area contributed by atoms with Crippen molar-refractivity contribution < 1.29 is 4.42 Å². The van der Waals surface area contributed by atoms with Crippen LogP contribution in [0.15, 0.2) is 33.4 Å². The molecule has 0 saturated heterocycles. The number of halogens is 1. The molecule has 0 bridgehead atoms. The van der Waals surface area contributed by atoms with Gasteiger partial charge in [0.2, 0.25) is 11.8 Å². The summed E-state index contributed by atoms with van der Waals surface area (Å²) in [7, 11) is 0. The Kier molecular flexibility index (Phi) is 2.98. The number of hydrogen-bond donors (Lipinski definition) is 1. The van der Waals surface area contributed by atoms with Crippen LogP contribution < -0.4 is 5.32 Å². The number of aryl methyl sites for hydroxylation is 1. The molecule has 19 heavy (non-hydrogen) atoms. The molecule has 0 saturated carbocycles.